The van der Waals surface area contributed by atoms with E-state index in [0.29, 0.717) is 5.56 Å². The van der Waals surface area contributed by atoms with Crippen molar-refractivity contribution in [2.45, 2.75) is 6.04 Å². The van der Waals surface area contributed by atoms with Crippen LogP contribution in [0.3, 0.4) is 0 Å². The van der Waals surface area contributed by atoms with Crippen molar-refractivity contribution < 1.29 is 4.79 Å². The number of rotatable bonds is 4. The van der Waals surface area contributed by atoms with Crippen LogP contribution < -0.4 is 11.1 Å². The van der Waals surface area contributed by atoms with Crippen molar-refractivity contribution >= 4 is 27.5 Å². The molecule has 0 aliphatic heterocycles. The molecule has 0 saturated carbocycles. The van der Waals surface area contributed by atoms with E-state index >= 15 is 0 Å². The van der Waals surface area contributed by atoms with Gasteiger partial charge in [-0.3, -0.25) is 4.79 Å². The lowest BCUT2D eigenvalue weighted by molar-refractivity contribution is -0.118. The van der Waals surface area contributed by atoms with E-state index in [1.807, 2.05) is 30.3 Å². The van der Waals surface area contributed by atoms with Crippen molar-refractivity contribution in [3.63, 3.8) is 0 Å². The molecule has 1 amide bonds. The molecule has 0 heterocycles. The van der Waals surface area contributed by atoms with Crippen LogP contribution in [0, 0.1) is 11.3 Å². The number of hydrogen-bond donors (Lipinski definition) is 2. The molecule has 0 fully saturated rings. The molecule has 0 aliphatic carbocycles. The Balaban J connectivity index is 2.27. The van der Waals surface area contributed by atoms with Crippen LogP contribution in [0.15, 0.2) is 53.0 Å². The van der Waals surface area contributed by atoms with Crippen molar-refractivity contribution in [1.82, 2.24) is 0 Å². The summed E-state index contributed by atoms with van der Waals surface area (Å²) in [6.07, 6.45) is 0. The second-order valence-corrected chi connectivity index (χ2v) is 5.14. The molecule has 2 rings (SSSR count). The SMILES string of the molecule is N#Cc1ccc(C(Nc2cccc(Br)c2)C(N)=O)cc1. The number of nitrogens with zero attached hydrogens (tertiary/aromatic N) is 1. The van der Waals surface area contributed by atoms with Crippen molar-refractivity contribution in [3.05, 3.63) is 64.1 Å². The molecule has 0 aliphatic rings. The van der Waals surface area contributed by atoms with Crippen molar-refractivity contribution in [3.8, 4) is 6.07 Å². The number of amides is 1. The maximum Gasteiger partial charge on any atom is 0.244 e. The van der Waals surface area contributed by atoms with E-state index in [2.05, 4.69) is 21.2 Å². The van der Waals surface area contributed by atoms with Crippen LogP contribution in [-0.2, 0) is 4.79 Å². The molecule has 0 bridgehead atoms. The number of benzene rings is 2. The molecular formula is C15H12BrN3O. The summed E-state index contributed by atoms with van der Waals surface area (Å²) in [6.45, 7) is 0. The summed E-state index contributed by atoms with van der Waals surface area (Å²) in [6, 6.07) is 15.6. The van der Waals surface area contributed by atoms with Crippen molar-refractivity contribution in [2.75, 3.05) is 5.32 Å². The number of primary amides is 1. The molecule has 1 atom stereocenters. The van der Waals surface area contributed by atoms with E-state index in [4.69, 9.17) is 11.0 Å². The molecule has 100 valence electrons. The number of nitrogens with two attached hydrogens (primary N) is 1. The molecular weight excluding hydrogens is 318 g/mol. The third-order valence-corrected chi connectivity index (χ3v) is 3.29. The third-order valence-electron chi connectivity index (χ3n) is 2.79. The van der Waals surface area contributed by atoms with Gasteiger partial charge in [-0.1, -0.05) is 34.1 Å². The summed E-state index contributed by atoms with van der Waals surface area (Å²) in [5.74, 6) is -0.477. The summed E-state index contributed by atoms with van der Waals surface area (Å²) in [4.78, 5) is 11.6. The highest BCUT2D eigenvalue weighted by atomic mass is 79.9. The lowest BCUT2D eigenvalue weighted by Gasteiger charge is -2.17. The molecule has 5 heteroatoms. The fourth-order valence-corrected chi connectivity index (χ4v) is 2.21. The van der Waals surface area contributed by atoms with Crippen LogP contribution >= 0.6 is 15.9 Å². The van der Waals surface area contributed by atoms with E-state index in [0.717, 1.165) is 15.7 Å². The fourth-order valence-electron chi connectivity index (χ4n) is 1.81. The van der Waals surface area contributed by atoms with E-state index in [-0.39, 0.29) is 0 Å². The van der Waals surface area contributed by atoms with E-state index < -0.39 is 11.9 Å². The number of nitrogens with one attached hydrogen (secondary N) is 1. The third kappa shape index (κ3) is 3.37. The van der Waals surface area contributed by atoms with Gasteiger partial charge in [-0.25, -0.2) is 0 Å². The molecule has 20 heavy (non-hydrogen) atoms. The predicted octanol–water partition coefficient (Wildman–Crippen LogP) is 2.96. The summed E-state index contributed by atoms with van der Waals surface area (Å²) in [7, 11) is 0. The largest absolute Gasteiger partial charge is 0.370 e. The average molecular weight is 330 g/mol. The summed E-state index contributed by atoms with van der Waals surface area (Å²) < 4.78 is 0.908. The lowest BCUT2D eigenvalue weighted by Crippen LogP contribution is -2.27. The summed E-state index contributed by atoms with van der Waals surface area (Å²) in [5, 5.41) is 11.9. The average Bonchev–Trinajstić information content (AvgIpc) is 2.45. The Kier molecular flexibility index (Phi) is 4.38. The predicted molar refractivity (Wildman–Crippen MR) is 80.9 cm³/mol. The van der Waals surface area contributed by atoms with Crippen LogP contribution in [0.5, 0.6) is 0 Å². The van der Waals surface area contributed by atoms with Gasteiger partial charge in [0.2, 0.25) is 5.91 Å². The van der Waals surface area contributed by atoms with Gasteiger partial charge in [0.1, 0.15) is 6.04 Å². The lowest BCUT2D eigenvalue weighted by atomic mass is 10.0. The van der Waals surface area contributed by atoms with Crippen molar-refractivity contribution in [2.24, 2.45) is 5.73 Å². The maximum absolute atomic E-state index is 11.6. The number of halogens is 1. The Labute approximate surface area is 125 Å². The van der Waals surface area contributed by atoms with Crippen LogP contribution in [0.4, 0.5) is 5.69 Å². The highest BCUT2D eigenvalue weighted by Gasteiger charge is 2.17. The first kappa shape index (κ1) is 14.1. The number of anilines is 1. The Hall–Kier alpha value is -2.32. The first-order valence-corrected chi connectivity index (χ1v) is 6.71. The van der Waals surface area contributed by atoms with Gasteiger partial charge in [-0.05, 0) is 35.9 Å². The number of carbonyl (C=O) groups is 1. The second kappa shape index (κ2) is 6.22. The van der Waals surface area contributed by atoms with E-state index in [9.17, 15) is 4.79 Å². The molecule has 1 unspecified atom stereocenters. The molecule has 3 N–H and O–H groups in total. The number of carbonyl (C=O) groups excluding carboxylic acids is 1. The highest BCUT2D eigenvalue weighted by Crippen LogP contribution is 2.22. The molecule has 2 aromatic rings. The molecule has 2 aromatic carbocycles. The van der Waals surface area contributed by atoms with Gasteiger partial charge in [-0.15, -0.1) is 0 Å². The van der Waals surface area contributed by atoms with Gasteiger partial charge in [0.05, 0.1) is 11.6 Å². The summed E-state index contributed by atoms with van der Waals surface area (Å²) in [5.41, 5.74) is 7.49. The number of hydrogen-bond acceptors (Lipinski definition) is 3. The fraction of sp³-hybridized carbons (Fsp3) is 0.0667. The topological polar surface area (TPSA) is 78.9 Å². The van der Waals surface area contributed by atoms with Crippen LogP contribution in [0.2, 0.25) is 0 Å². The highest BCUT2D eigenvalue weighted by molar-refractivity contribution is 9.10. The minimum atomic E-state index is -0.642. The molecule has 4 nitrogen and oxygen atoms in total. The molecule has 0 radical (unpaired) electrons. The standard InChI is InChI=1S/C15H12BrN3O/c16-12-2-1-3-13(8-12)19-14(15(18)20)11-6-4-10(9-17)5-7-11/h1-8,14,19H,(H2,18,20). The Morgan fingerprint density at radius 3 is 2.50 bits per heavy atom. The Morgan fingerprint density at radius 1 is 1.25 bits per heavy atom. The molecule has 0 saturated heterocycles. The van der Waals surface area contributed by atoms with Gasteiger partial charge in [0.15, 0.2) is 0 Å². The number of nitriles is 1. The van der Waals surface area contributed by atoms with Gasteiger partial charge in [0.25, 0.3) is 0 Å². The molecule has 0 spiro atoms. The minimum Gasteiger partial charge on any atom is -0.370 e. The smallest absolute Gasteiger partial charge is 0.244 e. The zero-order chi connectivity index (χ0) is 14.5. The van der Waals surface area contributed by atoms with Gasteiger partial charge < -0.3 is 11.1 Å². The maximum atomic E-state index is 11.6. The van der Waals surface area contributed by atoms with E-state index in [1.165, 1.54) is 0 Å². The quantitative estimate of drug-likeness (QED) is 0.904. The van der Waals surface area contributed by atoms with Gasteiger partial charge in [-0.2, -0.15) is 5.26 Å². The van der Waals surface area contributed by atoms with Crippen LogP contribution in [-0.4, -0.2) is 5.91 Å². The summed E-state index contributed by atoms with van der Waals surface area (Å²) >= 11 is 3.37. The minimum absolute atomic E-state index is 0.477. The Bertz CT molecular complexity index is 662. The molecule has 0 aromatic heterocycles. The Morgan fingerprint density at radius 2 is 1.95 bits per heavy atom. The first-order valence-electron chi connectivity index (χ1n) is 5.91. The normalized spacial score (nSPS) is 11.4. The zero-order valence-corrected chi connectivity index (χ0v) is 12.1. The monoisotopic (exact) mass is 329 g/mol. The van der Waals surface area contributed by atoms with Crippen molar-refractivity contribution in [1.29, 1.82) is 5.26 Å². The van der Waals surface area contributed by atoms with E-state index in [1.54, 1.807) is 24.3 Å². The second-order valence-electron chi connectivity index (χ2n) is 4.22. The van der Waals surface area contributed by atoms with Gasteiger partial charge in [0, 0.05) is 10.2 Å². The first-order chi connectivity index (χ1) is 9.60. The van der Waals surface area contributed by atoms with Crippen LogP contribution in [0.1, 0.15) is 17.2 Å². The van der Waals surface area contributed by atoms with Crippen LogP contribution in [0.25, 0.3) is 0 Å². The van der Waals surface area contributed by atoms with Gasteiger partial charge >= 0.3 is 0 Å². The zero-order valence-electron chi connectivity index (χ0n) is 10.5.